The Bertz CT molecular complexity index is 130. The van der Waals surface area contributed by atoms with Crippen LogP contribution in [-0.4, -0.2) is 17.8 Å². The summed E-state index contributed by atoms with van der Waals surface area (Å²) in [7, 11) is -4.89. The van der Waals surface area contributed by atoms with Gasteiger partial charge in [-0.15, -0.1) is 0 Å². The zero-order valence-electron chi connectivity index (χ0n) is 5.52. The van der Waals surface area contributed by atoms with Gasteiger partial charge in [-0.1, -0.05) is 6.92 Å². The zero-order valence-corrected chi connectivity index (χ0v) is 6.41. The zero-order chi connectivity index (χ0) is 8.20. The summed E-state index contributed by atoms with van der Waals surface area (Å²) in [6, 6.07) is 0. The van der Waals surface area contributed by atoms with Gasteiger partial charge in [0.15, 0.2) is 0 Å². The Morgan fingerprint density at radius 1 is 1.70 bits per heavy atom. The number of aliphatic hydroxyl groups is 1. The molecule has 10 heavy (non-hydrogen) atoms. The summed E-state index contributed by atoms with van der Waals surface area (Å²) in [5.74, 6) is 0. The highest BCUT2D eigenvalue weighted by Crippen LogP contribution is 2.24. The molecule has 1 unspecified atom stereocenters. The van der Waals surface area contributed by atoms with Gasteiger partial charge in [-0.25, -0.2) is 0 Å². The lowest BCUT2D eigenvalue weighted by Crippen LogP contribution is -2.21. The molecule has 0 aromatic rings. The fraction of sp³-hybridized carbons (Fsp3) is 1.00. The molecule has 0 radical (unpaired) electrons. The van der Waals surface area contributed by atoms with E-state index < -0.39 is 20.5 Å². The molecule has 0 rings (SSSR count). The molecule has 1 N–H and O–H groups in total. The molecule has 1 atom stereocenters. The van der Waals surface area contributed by atoms with E-state index in [1.807, 2.05) is 0 Å². The van der Waals surface area contributed by atoms with E-state index in [4.69, 9.17) is 5.11 Å². The van der Waals surface area contributed by atoms with Gasteiger partial charge >= 0.3 is 0 Å². The van der Waals surface area contributed by atoms with Crippen molar-refractivity contribution in [1.82, 2.24) is 0 Å². The second kappa shape index (κ2) is 4.05. The van der Waals surface area contributed by atoms with Crippen LogP contribution in [0.1, 0.15) is 13.3 Å². The van der Waals surface area contributed by atoms with Crippen LogP contribution in [0.4, 0.5) is 0 Å². The minimum Gasteiger partial charge on any atom is -0.790 e. The Morgan fingerprint density at radius 3 is 2.50 bits per heavy atom. The molecule has 0 aliphatic rings. The van der Waals surface area contributed by atoms with Crippen LogP contribution in [-0.2, 0) is 9.09 Å². The largest absolute Gasteiger partial charge is 0.790 e. The topological polar surface area (TPSA) is 92.7 Å². The number of hydrogen-bond donors (Lipinski definition) is 1. The quantitative estimate of drug-likeness (QED) is 0.521. The van der Waals surface area contributed by atoms with E-state index >= 15 is 0 Å². The van der Waals surface area contributed by atoms with Gasteiger partial charge in [-0.3, -0.25) is 0 Å². The minimum absolute atomic E-state index is 0.361. The van der Waals surface area contributed by atoms with Gasteiger partial charge in [-0.2, -0.15) is 0 Å². The van der Waals surface area contributed by atoms with Gasteiger partial charge < -0.3 is 24.0 Å². The van der Waals surface area contributed by atoms with E-state index in [1.165, 1.54) is 0 Å². The first-order valence-corrected chi connectivity index (χ1v) is 4.26. The molecule has 0 spiro atoms. The molecule has 0 fully saturated rings. The van der Waals surface area contributed by atoms with Crippen LogP contribution >= 0.6 is 7.82 Å². The van der Waals surface area contributed by atoms with Crippen LogP contribution in [0.3, 0.4) is 0 Å². The number of rotatable bonds is 4. The lowest BCUT2D eigenvalue weighted by molar-refractivity contribution is -0.342. The second-order valence-electron chi connectivity index (χ2n) is 1.81. The minimum atomic E-state index is -4.89. The third kappa shape index (κ3) is 6.19. The normalized spacial score (nSPS) is 15.2. The summed E-state index contributed by atoms with van der Waals surface area (Å²) in [5, 5.41) is 8.70. The molecule has 0 aliphatic heterocycles. The first kappa shape index (κ1) is 10.1. The smallest absolute Gasteiger partial charge is 0.0778 e. The molecule has 0 saturated heterocycles. The Balaban J connectivity index is 3.46. The Kier molecular flexibility index (Phi) is 4.08. The maximum atomic E-state index is 9.79. The van der Waals surface area contributed by atoms with Crippen molar-refractivity contribution in [2.24, 2.45) is 0 Å². The first-order chi connectivity index (χ1) is 4.45. The molecule has 0 aromatic carbocycles. The maximum Gasteiger partial charge on any atom is 0.0778 e. The van der Waals surface area contributed by atoms with Gasteiger partial charge in [0.25, 0.3) is 0 Å². The highest BCUT2D eigenvalue weighted by molar-refractivity contribution is 7.43. The fourth-order valence-electron chi connectivity index (χ4n) is 0.295. The summed E-state index contributed by atoms with van der Waals surface area (Å²) in [6.45, 7) is 1.20. The van der Waals surface area contributed by atoms with E-state index in [2.05, 4.69) is 4.52 Å². The average Bonchev–Trinajstić information content (AvgIpc) is 1.81. The summed E-state index contributed by atoms with van der Waals surface area (Å²) < 4.78 is 13.6. The highest BCUT2D eigenvalue weighted by Gasteiger charge is 2.00. The van der Waals surface area contributed by atoms with Crippen molar-refractivity contribution >= 4 is 7.82 Å². The number of phosphoric ester groups is 1. The lowest BCUT2D eigenvalue weighted by atomic mass is 10.3. The molecule has 0 aliphatic carbocycles. The van der Waals surface area contributed by atoms with E-state index in [0.717, 1.165) is 0 Å². The summed E-state index contributed by atoms with van der Waals surface area (Å²) in [5.41, 5.74) is 0. The van der Waals surface area contributed by atoms with E-state index in [9.17, 15) is 14.4 Å². The van der Waals surface area contributed by atoms with Crippen molar-refractivity contribution in [2.45, 2.75) is 19.4 Å². The Labute approximate surface area is 58.9 Å². The average molecular weight is 168 g/mol. The van der Waals surface area contributed by atoms with Gasteiger partial charge in [0, 0.05) is 0 Å². The number of aliphatic hydroxyl groups excluding tert-OH is 1. The fourth-order valence-corrected chi connectivity index (χ4v) is 0.650. The molecule has 0 amide bonds. The highest BCUT2D eigenvalue weighted by atomic mass is 31.2. The molecule has 0 heterocycles. The third-order valence-electron chi connectivity index (χ3n) is 0.896. The molecule has 0 saturated carbocycles. The first-order valence-electron chi connectivity index (χ1n) is 2.80. The molecule has 5 nitrogen and oxygen atoms in total. The summed E-state index contributed by atoms with van der Waals surface area (Å²) >= 11 is 0. The van der Waals surface area contributed by atoms with Crippen LogP contribution in [0, 0.1) is 0 Å². The molecule has 0 aromatic heterocycles. The van der Waals surface area contributed by atoms with Crippen LogP contribution in [0.2, 0.25) is 0 Å². The van der Waals surface area contributed by atoms with Crippen LogP contribution in [0.25, 0.3) is 0 Å². The van der Waals surface area contributed by atoms with Gasteiger partial charge in [-0.05, 0) is 6.42 Å². The standard InChI is InChI=1S/C4H11O5P/c1-2-4(5)3-9-10(6,7)8/h4-5H,2-3H2,1H3,(H2,6,7,8)/p-2. The number of hydrogen-bond acceptors (Lipinski definition) is 5. The SMILES string of the molecule is CCC(O)COP(=O)([O-])[O-]. The molecular weight excluding hydrogens is 159 g/mol. The third-order valence-corrected chi connectivity index (χ3v) is 1.36. The predicted octanol–water partition coefficient (Wildman–Crippen LogP) is -1.40. The van der Waals surface area contributed by atoms with Crippen LogP contribution < -0.4 is 9.79 Å². The molecular formula is C4H9O5P-2. The number of phosphoric acid groups is 1. The van der Waals surface area contributed by atoms with E-state index in [0.29, 0.717) is 6.42 Å². The van der Waals surface area contributed by atoms with Crippen molar-refractivity contribution in [1.29, 1.82) is 0 Å². The lowest BCUT2D eigenvalue weighted by Gasteiger charge is -2.29. The van der Waals surface area contributed by atoms with Crippen molar-refractivity contribution < 1.29 is 24.0 Å². The monoisotopic (exact) mass is 168 g/mol. The Hall–Kier alpha value is 0.0700. The van der Waals surface area contributed by atoms with Crippen molar-refractivity contribution in [2.75, 3.05) is 6.61 Å². The van der Waals surface area contributed by atoms with Gasteiger partial charge in [0.2, 0.25) is 0 Å². The molecule has 62 valence electrons. The molecule has 0 bridgehead atoms. The summed E-state index contributed by atoms with van der Waals surface area (Å²) in [6.07, 6.45) is -0.517. The van der Waals surface area contributed by atoms with Crippen molar-refractivity contribution in [3.63, 3.8) is 0 Å². The second-order valence-corrected chi connectivity index (χ2v) is 2.96. The van der Waals surface area contributed by atoms with Crippen LogP contribution in [0.5, 0.6) is 0 Å². The van der Waals surface area contributed by atoms with E-state index in [-0.39, 0.29) is 0 Å². The predicted molar refractivity (Wildman–Crippen MR) is 29.9 cm³/mol. The maximum absolute atomic E-state index is 9.79. The summed E-state index contributed by atoms with van der Waals surface area (Å²) in [4.78, 5) is 19.6. The van der Waals surface area contributed by atoms with Crippen molar-refractivity contribution in [3.8, 4) is 0 Å². The molecule has 6 heteroatoms. The van der Waals surface area contributed by atoms with E-state index in [1.54, 1.807) is 6.92 Å². The van der Waals surface area contributed by atoms with Gasteiger partial charge in [0.1, 0.15) is 0 Å². The van der Waals surface area contributed by atoms with Gasteiger partial charge in [0.05, 0.1) is 20.5 Å². The van der Waals surface area contributed by atoms with Crippen molar-refractivity contribution in [3.05, 3.63) is 0 Å². The Morgan fingerprint density at radius 2 is 2.20 bits per heavy atom. The van der Waals surface area contributed by atoms with Crippen LogP contribution in [0.15, 0.2) is 0 Å².